The number of nitrogens with zero attached hydrogens (tertiary/aromatic N) is 2. The lowest BCUT2D eigenvalue weighted by atomic mass is 10.2. The topological polar surface area (TPSA) is 60.8 Å². The van der Waals surface area contributed by atoms with Crippen molar-refractivity contribution in [3.8, 4) is 0 Å². The van der Waals surface area contributed by atoms with E-state index in [1.54, 1.807) is 6.26 Å². The van der Waals surface area contributed by atoms with E-state index >= 15 is 0 Å². The highest BCUT2D eigenvalue weighted by molar-refractivity contribution is 5.84. The van der Waals surface area contributed by atoms with Gasteiger partial charge in [-0.2, -0.15) is 0 Å². The molecule has 1 atom stereocenters. The Kier molecular flexibility index (Phi) is 6.89. The average molecular weight is 419 g/mol. The van der Waals surface area contributed by atoms with Crippen LogP contribution in [0.25, 0.3) is 0 Å². The fourth-order valence-electron chi connectivity index (χ4n) is 3.83. The van der Waals surface area contributed by atoms with Crippen LogP contribution in [0, 0.1) is 0 Å². The van der Waals surface area contributed by atoms with Gasteiger partial charge in [0.1, 0.15) is 11.8 Å². The summed E-state index contributed by atoms with van der Waals surface area (Å²) in [7, 11) is 0. The average Bonchev–Trinajstić information content (AvgIpc) is 3.33. The van der Waals surface area contributed by atoms with Gasteiger partial charge in [0.25, 0.3) is 0 Å². The van der Waals surface area contributed by atoms with Crippen molar-refractivity contribution in [1.82, 2.24) is 10.2 Å². The molecule has 31 heavy (non-hydrogen) atoms. The third kappa shape index (κ3) is 5.89. The van der Waals surface area contributed by atoms with Crippen molar-refractivity contribution < 1.29 is 9.21 Å². The first-order chi connectivity index (χ1) is 15.2. The Balaban J connectivity index is 1.23. The minimum absolute atomic E-state index is 0.0602. The molecule has 4 rings (SSSR count). The minimum Gasteiger partial charge on any atom is -0.467 e. The number of anilines is 2. The molecular formula is C25H30N4O2. The van der Waals surface area contributed by atoms with E-state index in [9.17, 15) is 4.79 Å². The number of carbonyl (C=O) groups excluding carboxylic acids is 1. The largest absolute Gasteiger partial charge is 0.467 e. The van der Waals surface area contributed by atoms with E-state index in [1.165, 1.54) is 11.3 Å². The van der Waals surface area contributed by atoms with Gasteiger partial charge in [-0.15, -0.1) is 0 Å². The van der Waals surface area contributed by atoms with E-state index in [1.807, 2.05) is 31.2 Å². The first-order valence-corrected chi connectivity index (χ1v) is 10.9. The number of hydrogen-bond acceptors (Lipinski definition) is 5. The number of rotatable bonds is 8. The van der Waals surface area contributed by atoms with Crippen LogP contribution in [0.3, 0.4) is 0 Å². The molecule has 0 saturated carbocycles. The lowest BCUT2D eigenvalue weighted by molar-refractivity contribution is -0.121. The summed E-state index contributed by atoms with van der Waals surface area (Å²) in [6, 6.07) is 22.3. The summed E-state index contributed by atoms with van der Waals surface area (Å²) in [5.41, 5.74) is 3.53. The third-order valence-corrected chi connectivity index (χ3v) is 5.65. The molecule has 0 aliphatic carbocycles. The van der Waals surface area contributed by atoms with Crippen molar-refractivity contribution >= 4 is 17.3 Å². The van der Waals surface area contributed by atoms with Crippen molar-refractivity contribution in [3.63, 3.8) is 0 Å². The van der Waals surface area contributed by atoms with Crippen LogP contribution in [-0.2, 0) is 17.9 Å². The summed E-state index contributed by atoms with van der Waals surface area (Å²) in [5, 5.41) is 6.15. The van der Waals surface area contributed by atoms with Crippen LogP contribution >= 0.6 is 0 Å². The molecule has 0 radical (unpaired) electrons. The van der Waals surface area contributed by atoms with E-state index in [0.717, 1.165) is 44.2 Å². The zero-order valence-electron chi connectivity index (χ0n) is 18.0. The molecule has 1 aliphatic heterocycles. The van der Waals surface area contributed by atoms with E-state index in [2.05, 4.69) is 62.9 Å². The number of nitrogens with one attached hydrogen (secondary N) is 2. The molecule has 162 valence electrons. The van der Waals surface area contributed by atoms with Gasteiger partial charge in [-0.25, -0.2) is 0 Å². The first kappa shape index (κ1) is 21.0. The van der Waals surface area contributed by atoms with Gasteiger partial charge in [-0.05, 0) is 48.9 Å². The molecular weight excluding hydrogens is 388 g/mol. The maximum Gasteiger partial charge on any atom is 0.242 e. The monoisotopic (exact) mass is 418 g/mol. The van der Waals surface area contributed by atoms with Crippen molar-refractivity contribution in [2.24, 2.45) is 0 Å². The highest BCUT2D eigenvalue weighted by Gasteiger charge is 2.18. The second-order valence-corrected chi connectivity index (χ2v) is 7.96. The third-order valence-electron chi connectivity index (χ3n) is 5.65. The van der Waals surface area contributed by atoms with Crippen LogP contribution in [0.2, 0.25) is 0 Å². The quantitative estimate of drug-likeness (QED) is 0.584. The number of benzene rings is 2. The van der Waals surface area contributed by atoms with Crippen LogP contribution in [0.15, 0.2) is 77.4 Å². The normalized spacial score (nSPS) is 15.5. The van der Waals surface area contributed by atoms with Crippen LogP contribution < -0.4 is 15.5 Å². The van der Waals surface area contributed by atoms with Crippen molar-refractivity contribution in [2.45, 2.75) is 26.1 Å². The molecule has 1 unspecified atom stereocenters. The Morgan fingerprint density at radius 3 is 2.39 bits per heavy atom. The summed E-state index contributed by atoms with van der Waals surface area (Å²) < 4.78 is 5.25. The van der Waals surface area contributed by atoms with Crippen LogP contribution in [0.5, 0.6) is 0 Å². The zero-order chi connectivity index (χ0) is 21.5. The van der Waals surface area contributed by atoms with E-state index < -0.39 is 0 Å². The van der Waals surface area contributed by atoms with Gasteiger partial charge in [0.15, 0.2) is 0 Å². The van der Waals surface area contributed by atoms with E-state index in [-0.39, 0.29) is 11.9 Å². The van der Waals surface area contributed by atoms with E-state index in [4.69, 9.17) is 4.42 Å². The van der Waals surface area contributed by atoms with Gasteiger partial charge in [0.05, 0.1) is 12.8 Å². The molecule has 2 heterocycles. The number of carbonyl (C=O) groups is 1. The van der Waals surface area contributed by atoms with Crippen LogP contribution in [0.4, 0.5) is 11.4 Å². The van der Waals surface area contributed by atoms with Crippen molar-refractivity contribution in [1.29, 1.82) is 0 Å². The van der Waals surface area contributed by atoms with Crippen LogP contribution in [-0.4, -0.2) is 43.0 Å². The summed E-state index contributed by atoms with van der Waals surface area (Å²) >= 11 is 0. The highest BCUT2D eigenvalue weighted by Crippen LogP contribution is 2.20. The molecule has 1 saturated heterocycles. The first-order valence-electron chi connectivity index (χ1n) is 10.9. The fourth-order valence-corrected chi connectivity index (χ4v) is 3.83. The standard InChI is InChI=1S/C25H30N4O2/c1-20(25(30)26-18-24-8-5-17-31-24)27-22-9-11-23(12-10-22)29-15-13-28(14-16-29)19-21-6-3-2-4-7-21/h2-12,17,20,27H,13-16,18-19H2,1H3,(H,26,30). The second kappa shape index (κ2) is 10.2. The lowest BCUT2D eigenvalue weighted by Gasteiger charge is -2.36. The van der Waals surface area contributed by atoms with Gasteiger partial charge in [0.2, 0.25) is 5.91 Å². The van der Waals surface area contributed by atoms with E-state index in [0.29, 0.717) is 6.54 Å². The fraction of sp³-hybridized carbons (Fsp3) is 0.320. The molecule has 3 aromatic rings. The molecule has 1 fully saturated rings. The van der Waals surface area contributed by atoms with Gasteiger partial charge in [0, 0.05) is 44.1 Å². The summed E-state index contributed by atoms with van der Waals surface area (Å²) in [4.78, 5) is 17.2. The smallest absolute Gasteiger partial charge is 0.242 e. The Labute approximate surface area is 183 Å². The molecule has 0 bridgehead atoms. The molecule has 1 aliphatic rings. The van der Waals surface area contributed by atoms with Gasteiger partial charge >= 0.3 is 0 Å². The summed E-state index contributed by atoms with van der Waals surface area (Å²) in [5.74, 6) is 0.684. The number of hydrogen-bond donors (Lipinski definition) is 2. The van der Waals surface area contributed by atoms with Crippen molar-refractivity contribution in [2.75, 3.05) is 36.4 Å². The Bertz CT molecular complexity index is 933. The SMILES string of the molecule is CC(Nc1ccc(N2CCN(Cc3ccccc3)CC2)cc1)C(=O)NCc1ccco1. The van der Waals surface area contributed by atoms with Gasteiger partial charge < -0.3 is 20.0 Å². The molecule has 2 N–H and O–H groups in total. The highest BCUT2D eigenvalue weighted by atomic mass is 16.3. The molecule has 2 aromatic carbocycles. The Morgan fingerprint density at radius 1 is 0.968 bits per heavy atom. The zero-order valence-corrected chi connectivity index (χ0v) is 18.0. The Hall–Kier alpha value is -3.25. The molecule has 0 spiro atoms. The summed E-state index contributed by atoms with van der Waals surface area (Å²) in [6.45, 7) is 7.42. The lowest BCUT2D eigenvalue weighted by Crippen LogP contribution is -2.45. The minimum atomic E-state index is -0.331. The molecule has 6 heteroatoms. The van der Waals surface area contributed by atoms with Crippen LogP contribution in [0.1, 0.15) is 18.2 Å². The second-order valence-electron chi connectivity index (χ2n) is 7.96. The maximum absolute atomic E-state index is 12.3. The predicted molar refractivity (Wildman–Crippen MR) is 124 cm³/mol. The molecule has 6 nitrogen and oxygen atoms in total. The Morgan fingerprint density at radius 2 is 1.71 bits per heavy atom. The molecule has 1 amide bonds. The van der Waals surface area contributed by atoms with Gasteiger partial charge in [-0.1, -0.05) is 30.3 Å². The number of furan rings is 1. The maximum atomic E-state index is 12.3. The predicted octanol–water partition coefficient (Wildman–Crippen LogP) is 3.72. The van der Waals surface area contributed by atoms with Gasteiger partial charge in [-0.3, -0.25) is 9.69 Å². The van der Waals surface area contributed by atoms with Crippen molar-refractivity contribution in [3.05, 3.63) is 84.3 Å². The number of piperazine rings is 1. The number of amides is 1. The summed E-state index contributed by atoms with van der Waals surface area (Å²) in [6.07, 6.45) is 1.61. The molecule has 1 aromatic heterocycles.